The van der Waals surface area contributed by atoms with Crippen LogP contribution in [-0.4, -0.2) is 22.7 Å². The fraction of sp³-hybridized carbons (Fsp3) is 0.333. The fourth-order valence-electron chi connectivity index (χ4n) is 1.45. The van der Waals surface area contributed by atoms with Crippen LogP contribution in [0, 0.1) is 18.3 Å². The van der Waals surface area contributed by atoms with Crippen LogP contribution in [0.15, 0.2) is 18.2 Å². The minimum atomic E-state index is -0.928. The highest BCUT2D eigenvalue weighted by molar-refractivity contribution is 5.66. The lowest BCUT2D eigenvalue weighted by atomic mass is 10.0. The highest BCUT2D eigenvalue weighted by Gasteiger charge is 2.14. The second-order valence-corrected chi connectivity index (χ2v) is 3.72. The molecule has 1 rings (SSSR count). The Kier molecular flexibility index (Phi) is 4.49. The van der Waals surface area contributed by atoms with E-state index in [2.05, 4.69) is 5.32 Å². The number of hydrogen-bond donors (Lipinski definition) is 3. The molecule has 0 spiro atoms. The van der Waals surface area contributed by atoms with Gasteiger partial charge in [-0.05, 0) is 19.1 Å². The second-order valence-electron chi connectivity index (χ2n) is 3.72. The van der Waals surface area contributed by atoms with Crippen molar-refractivity contribution >= 4 is 5.97 Å². The Morgan fingerprint density at radius 1 is 1.59 bits per heavy atom. The minimum Gasteiger partial charge on any atom is -0.508 e. The van der Waals surface area contributed by atoms with Crippen LogP contribution in [-0.2, 0) is 4.79 Å². The summed E-state index contributed by atoms with van der Waals surface area (Å²) in [7, 11) is 0. The molecule has 0 aliphatic heterocycles. The molecule has 1 atom stereocenters. The van der Waals surface area contributed by atoms with Crippen molar-refractivity contribution in [3.63, 3.8) is 0 Å². The summed E-state index contributed by atoms with van der Waals surface area (Å²) in [5.41, 5.74) is 1.40. The summed E-state index contributed by atoms with van der Waals surface area (Å²) in [5.74, 6) is -0.896. The molecule has 5 heteroatoms. The Morgan fingerprint density at radius 3 is 2.88 bits per heavy atom. The number of nitrogens with one attached hydrogen (secondary N) is 1. The maximum absolute atomic E-state index is 10.4. The van der Waals surface area contributed by atoms with E-state index in [0.717, 1.165) is 5.56 Å². The summed E-state index contributed by atoms with van der Waals surface area (Å²) < 4.78 is 0. The molecule has 5 nitrogen and oxygen atoms in total. The molecule has 0 saturated heterocycles. The molecule has 0 heterocycles. The average Bonchev–Trinajstić information content (AvgIpc) is 2.28. The van der Waals surface area contributed by atoms with E-state index < -0.39 is 12.0 Å². The fourth-order valence-corrected chi connectivity index (χ4v) is 1.45. The van der Waals surface area contributed by atoms with Crippen molar-refractivity contribution in [2.75, 3.05) is 6.54 Å². The normalized spacial score (nSPS) is 11.8. The molecule has 0 aliphatic rings. The van der Waals surface area contributed by atoms with Crippen molar-refractivity contribution in [1.29, 1.82) is 5.26 Å². The summed E-state index contributed by atoms with van der Waals surface area (Å²) in [6, 6.07) is 6.26. The first-order valence-corrected chi connectivity index (χ1v) is 5.19. The quantitative estimate of drug-likeness (QED) is 0.714. The van der Waals surface area contributed by atoms with Crippen molar-refractivity contribution in [2.45, 2.75) is 19.4 Å². The summed E-state index contributed by atoms with van der Waals surface area (Å²) in [5, 5.41) is 29.9. The molecule has 0 radical (unpaired) electrons. The molecule has 0 bridgehead atoms. The van der Waals surface area contributed by atoms with Gasteiger partial charge in [0, 0.05) is 12.1 Å². The Hall–Kier alpha value is -2.06. The largest absolute Gasteiger partial charge is 0.508 e. The van der Waals surface area contributed by atoms with Gasteiger partial charge in [0.25, 0.3) is 0 Å². The Morgan fingerprint density at radius 2 is 2.29 bits per heavy atom. The molecule has 3 N–H and O–H groups in total. The van der Waals surface area contributed by atoms with Gasteiger partial charge >= 0.3 is 5.97 Å². The predicted molar refractivity (Wildman–Crippen MR) is 61.5 cm³/mol. The van der Waals surface area contributed by atoms with Gasteiger partial charge in [-0.25, -0.2) is 0 Å². The molecule has 1 aromatic rings. The highest BCUT2D eigenvalue weighted by Crippen LogP contribution is 2.24. The van der Waals surface area contributed by atoms with E-state index in [0.29, 0.717) is 5.56 Å². The molecule has 17 heavy (non-hydrogen) atoms. The Labute approximate surface area is 99.3 Å². The molecule has 0 aliphatic carbocycles. The van der Waals surface area contributed by atoms with Crippen LogP contribution < -0.4 is 5.32 Å². The first-order chi connectivity index (χ1) is 8.04. The minimum absolute atomic E-state index is 0.0324. The number of rotatable bonds is 5. The standard InChI is InChI=1S/C12H14N2O3/c1-8-2-3-11(15)9(6-8)10(7-13)14-5-4-12(16)17/h2-3,6,10,14-15H,4-5H2,1H3,(H,16,17). The molecule has 0 fully saturated rings. The topological polar surface area (TPSA) is 93.4 Å². The van der Waals surface area contributed by atoms with E-state index >= 15 is 0 Å². The van der Waals surface area contributed by atoms with Gasteiger partial charge in [0.05, 0.1) is 12.5 Å². The number of aromatic hydroxyl groups is 1. The van der Waals surface area contributed by atoms with E-state index in [-0.39, 0.29) is 18.7 Å². The van der Waals surface area contributed by atoms with Gasteiger partial charge in [-0.1, -0.05) is 11.6 Å². The van der Waals surface area contributed by atoms with Crippen molar-refractivity contribution in [3.8, 4) is 11.8 Å². The maximum Gasteiger partial charge on any atom is 0.304 e. The average molecular weight is 234 g/mol. The summed E-state index contributed by atoms with van der Waals surface area (Å²) >= 11 is 0. The zero-order valence-corrected chi connectivity index (χ0v) is 9.47. The first-order valence-electron chi connectivity index (χ1n) is 5.19. The third kappa shape index (κ3) is 3.78. The van der Waals surface area contributed by atoms with Crippen LogP contribution in [0.4, 0.5) is 0 Å². The van der Waals surface area contributed by atoms with E-state index in [1.54, 1.807) is 12.1 Å². The number of nitrogens with zero attached hydrogens (tertiary/aromatic N) is 1. The van der Waals surface area contributed by atoms with Gasteiger partial charge in [-0.3, -0.25) is 10.1 Å². The molecule has 1 aromatic carbocycles. The van der Waals surface area contributed by atoms with Gasteiger partial charge < -0.3 is 10.2 Å². The van der Waals surface area contributed by atoms with Crippen molar-refractivity contribution in [3.05, 3.63) is 29.3 Å². The maximum atomic E-state index is 10.4. The van der Waals surface area contributed by atoms with Crippen molar-refractivity contribution < 1.29 is 15.0 Å². The molecule has 1 unspecified atom stereocenters. The van der Waals surface area contributed by atoms with Crippen LogP contribution in [0.1, 0.15) is 23.6 Å². The third-order valence-electron chi connectivity index (χ3n) is 2.31. The molecular formula is C12H14N2O3. The number of phenols is 1. The van der Waals surface area contributed by atoms with E-state index in [1.165, 1.54) is 6.07 Å². The number of aryl methyl sites for hydroxylation is 1. The zero-order chi connectivity index (χ0) is 12.8. The molecule has 90 valence electrons. The van der Waals surface area contributed by atoms with E-state index in [1.807, 2.05) is 13.0 Å². The van der Waals surface area contributed by atoms with Crippen LogP contribution in [0.2, 0.25) is 0 Å². The molecule has 0 saturated carbocycles. The van der Waals surface area contributed by atoms with E-state index in [9.17, 15) is 9.90 Å². The Balaban J connectivity index is 2.76. The van der Waals surface area contributed by atoms with Gasteiger partial charge in [0.1, 0.15) is 11.8 Å². The van der Waals surface area contributed by atoms with Crippen molar-refractivity contribution in [2.24, 2.45) is 0 Å². The molecule has 0 aromatic heterocycles. The SMILES string of the molecule is Cc1ccc(O)c(C(C#N)NCCC(=O)O)c1. The number of benzene rings is 1. The molecule has 0 amide bonds. The lowest BCUT2D eigenvalue weighted by Gasteiger charge is -2.13. The van der Waals surface area contributed by atoms with Gasteiger partial charge in [0.15, 0.2) is 0 Å². The number of carboxylic acid groups (broad SMARTS) is 1. The number of carbonyl (C=O) groups is 1. The lowest BCUT2D eigenvalue weighted by Crippen LogP contribution is -2.23. The second kappa shape index (κ2) is 5.87. The molecular weight excluding hydrogens is 220 g/mol. The Bertz CT molecular complexity index is 452. The van der Waals surface area contributed by atoms with Gasteiger partial charge in [-0.15, -0.1) is 0 Å². The predicted octanol–water partition coefficient (Wildman–Crippen LogP) is 1.33. The number of carboxylic acids is 1. The van der Waals surface area contributed by atoms with E-state index in [4.69, 9.17) is 10.4 Å². The summed E-state index contributed by atoms with van der Waals surface area (Å²) in [6.45, 7) is 2.04. The van der Waals surface area contributed by atoms with Crippen molar-refractivity contribution in [1.82, 2.24) is 5.32 Å². The lowest BCUT2D eigenvalue weighted by molar-refractivity contribution is -0.136. The van der Waals surface area contributed by atoms with Gasteiger partial charge in [0.2, 0.25) is 0 Å². The monoisotopic (exact) mass is 234 g/mol. The number of hydrogen-bond acceptors (Lipinski definition) is 4. The van der Waals surface area contributed by atoms with Crippen LogP contribution >= 0.6 is 0 Å². The summed E-state index contributed by atoms with van der Waals surface area (Å²) in [6.07, 6.45) is -0.0647. The van der Waals surface area contributed by atoms with Crippen LogP contribution in [0.5, 0.6) is 5.75 Å². The number of phenolic OH excluding ortho intramolecular Hbond substituents is 1. The number of nitriles is 1. The first kappa shape index (κ1) is 13.0. The summed E-state index contributed by atoms with van der Waals surface area (Å²) in [4.78, 5) is 10.4. The smallest absolute Gasteiger partial charge is 0.304 e. The number of aliphatic carboxylic acids is 1. The highest BCUT2D eigenvalue weighted by atomic mass is 16.4. The van der Waals surface area contributed by atoms with Crippen LogP contribution in [0.3, 0.4) is 0 Å². The zero-order valence-electron chi connectivity index (χ0n) is 9.47. The van der Waals surface area contributed by atoms with Gasteiger partial charge in [-0.2, -0.15) is 5.26 Å². The van der Waals surface area contributed by atoms with Crippen LogP contribution in [0.25, 0.3) is 0 Å². The third-order valence-corrected chi connectivity index (χ3v) is 2.31.